The first-order valence-electron chi connectivity index (χ1n) is 7.72. The molecule has 1 heterocycles. The quantitative estimate of drug-likeness (QED) is 0.862. The lowest BCUT2D eigenvalue weighted by atomic mass is 10.1. The third-order valence-corrected chi connectivity index (χ3v) is 4.28. The molecule has 0 aromatic heterocycles. The van der Waals surface area contributed by atoms with Crippen molar-refractivity contribution in [1.29, 1.82) is 0 Å². The number of rotatable bonds is 4. The summed E-state index contributed by atoms with van der Waals surface area (Å²) in [5.41, 5.74) is 3.42. The molecule has 0 saturated carbocycles. The van der Waals surface area contributed by atoms with Gasteiger partial charge in [-0.15, -0.1) is 0 Å². The SMILES string of the molecule is COc1ccccc1CCC(=O)N1c2ccccc2CC1C. The van der Waals surface area contributed by atoms with Crippen LogP contribution in [0.15, 0.2) is 48.5 Å². The van der Waals surface area contributed by atoms with Crippen LogP contribution in [-0.2, 0) is 17.6 Å². The van der Waals surface area contributed by atoms with Crippen LogP contribution in [0.25, 0.3) is 0 Å². The van der Waals surface area contributed by atoms with Gasteiger partial charge in [0.25, 0.3) is 0 Å². The van der Waals surface area contributed by atoms with E-state index in [-0.39, 0.29) is 11.9 Å². The molecule has 22 heavy (non-hydrogen) atoms. The fourth-order valence-electron chi connectivity index (χ4n) is 3.22. The first-order chi connectivity index (χ1) is 10.7. The second-order valence-electron chi connectivity index (χ2n) is 5.76. The number of amides is 1. The standard InChI is InChI=1S/C19H21NO2/c1-14-13-16-8-3-5-9-17(16)20(14)19(21)12-11-15-7-4-6-10-18(15)22-2/h3-10,14H,11-13H2,1-2H3. The van der Waals surface area contributed by atoms with Gasteiger partial charge in [-0.3, -0.25) is 4.79 Å². The Morgan fingerprint density at radius 2 is 1.91 bits per heavy atom. The number of anilines is 1. The lowest BCUT2D eigenvalue weighted by molar-refractivity contribution is -0.118. The number of carbonyl (C=O) groups is 1. The van der Waals surface area contributed by atoms with Crippen molar-refractivity contribution in [2.24, 2.45) is 0 Å². The molecule has 3 rings (SSSR count). The lowest BCUT2D eigenvalue weighted by Gasteiger charge is -2.23. The van der Waals surface area contributed by atoms with Crippen molar-refractivity contribution < 1.29 is 9.53 Å². The molecule has 0 aliphatic carbocycles. The van der Waals surface area contributed by atoms with Gasteiger partial charge in [0.2, 0.25) is 5.91 Å². The zero-order valence-corrected chi connectivity index (χ0v) is 13.1. The van der Waals surface area contributed by atoms with Gasteiger partial charge in [0.05, 0.1) is 7.11 Å². The smallest absolute Gasteiger partial charge is 0.227 e. The number of hydrogen-bond donors (Lipinski definition) is 0. The maximum Gasteiger partial charge on any atom is 0.227 e. The third-order valence-electron chi connectivity index (χ3n) is 4.28. The minimum atomic E-state index is 0.184. The van der Waals surface area contributed by atoms with E-state index < -0.39 is 0 Å². The molecule has 0 bridgehead atoms. The van der Waals surface area contributed by atoms with Crippen LogP contribution < -0.4 is 9.64 Å². The molecule has 0 radical (unpaired) electrons. The summed E-state index contributed by atoms with van der Waals surface area (Å²) in [5, 5.41) is 0. The highest BCUT2D eigenvalue weighted by molar-refractivity contribution is 5.96. The predicted octanol–water partition coefficient (Wildman–Crippen LogP) is 3.61. The molecule has 1 unspecified atom stereocenters. The maximum atomic E-state index is 12.7. The van der Waals surface area contributed by atoms with E-state index in [2.05, 4.69) is 13.0 Å². The molecule has 3 nitrogen and oxygen atoms in total. The zero-order chi connectivity index (χ0) is 15.5. The Hall–Kier alpha value is -2.29. The number of nitrogens with zero attached hydrogens (tertiary/aromatic N) is 1. The van der Waals surface area contributed by atoms with Crippen LogP contribution in [0.4, 0.5) is 5.69 Å². The predicted molar refractivity (Wildman–Crippen MR) is 88.4 cm³/mol. The van der Waals surface area contributed by atoms with Crippen LogP contribution >= 0.6 is 0 Å². The van der Waals surface area contributed by atoms with Gasteiger partial charge < -0.3 is 9.64 Å². The maximum absolute atomic E-state index is 12.7. The molecular weight excluding hydrogens is 274 g/mol. The summed E-state index contributed by atoms with van der Waals surface area (Å²) in [4.78, 5) is 14.6. The second-order valence-corrected chi connectivity index (χ2v) is 5.76. The minimum absolute atomic E-state index is 0.184. The molecule has 1 aliphatic rings. The van der Waals surface area contributed by atoms with Gasteiger partial charge in [0.1, 0.15) is 5.75 Å². The van der Waals surface area contributed by atoms with Crippen LogP contribution in [0.5, 0.6) is 5.75 Å². The highest BCUT2D eigenvalue weighted by Gasteiger charge is 2.30. The summed E-state index contributed by atoms with van der Waals surface area (Å²) >= 11 is 0. The largest absolute Gasteiger partial charge is 0.496 e. The fourth-order valence-corrected chi connectivity index (χ4v) is 3.22. The van der Waals surface area contributed by atoms with Crippen molar-refractivity contribution in [2.45, 2.75) is 32.2 Å². The average Bonchev–Trinajstić information content (AvgIpc) is 2.88. The summed E-state index contributed by atoms with van der Waals surface area (Å²) in [5.74, 6) is 1.04. The Balaban J connectivity index is 1.73. The van der Waals surface area contributed by atoms with E-state index in [1.807, 2.05) is 47.4 Å². The second kappa shape index (κ2) is 6.22. The number of methoxy groups -OCH3 is 1. The van der Waals surface area contributed by atoms with Gasteiger partial charge in [-0.25, -0.2) is 0 Å². The molecule has 0 fully saturated rings. The first-order valence-corrected chi connectivity index (χ1v) is 7.72. The van der Waals surface area contributed by atoms with Crippen molar-refractivity contribution in [3.63, 3.8) is 0 Å². The van der Waals surface area contributed by atoms with Crippen molar-refractivity contribution in [3.05, 3.63) is 59.7 Å². The molecule has 1 aliphatic heterocycles. The van der Waals surface area contributed by atoms with E-state index in [0.717, 1.165) is 23.4 Å². The monoisotopic (exact) mass is 295 g/mol. The van der Waals surface area contributed by atoms with Crippen LogP contribution in [0, 0.1) is 0 Å². The van der Waals surface area contributed by atoms with Gasteiger partial charge in [0, 0.05) is 18.2 Å². The fraction of sp³-hybridized carbons (Fsp3) is 0.316. The number of aryl methyl sites for hydroxylation is 1. The van der Waals surface area contributed by atoms with E-state index in [1.54, 1.807) is 7.11 Å². The van der Waals surface area contributed by atoms with E-state index >= 15 is 0 Å². The van der Waals surface area contributed by atoms with Gasteiger partial charge in [0.15, 0.2) is 0 Å². The van der Waals surface area contributed by atoms with E-state index in [4.69, 9.17) is 4.74 Å². The van der Waals surface area contributed by atoms with Crippen LogP contribution in [0.3, 0.4) is 0 Å². The molecule has 2 aromatic carbocycles. The van der Waals surface area contributed by atoms with Gasteiger partial charge >= 0.3 is 0 Å². The molecule has 1 amide bonds. The van der Waals surface area contributed by atoms with Gasteiger partial charge in [-0.05, 0) is 43.0 Å². The lowest BCUT2D eigenvalue weighted by Crippen LogP contribution is -2.35. The van der Waals surface area contributed by atoms with E-state index in [0.29, 0.717) is 12.8 Å². The summed E-state index contributed by atoms with van der Waals surface area (Å²) in [6.45, 7) is 2.11. The highest BCUT2D eigenvalue weighted by Crippen LogP contribution is 2.32. The van der Waals surface area contributed by atoms with E-state index in [1.165, 1.54) is 5.56 Å². The Bertz CT molecular complexity index is 681. The van der Waals surface area contributed by atoms with E-state index in [9.17, 15) is 4.79 Å². The summed E-state index contributed by atoms with van der Waals surface area (Å²) in [7, 11) is 1.67. The Labute approximate surface area is 131 Å². The highest BCUT2D eigenvalue weighted by atomic mass is 16.5. The molecule has 0 saturated heterocycles. The molecule has 2 aromatic rings. The molecular formula is C19H21NO2. The summed E-state index contributed by atoms with van der Waals surface area (Å²) in [6.07, 6.45) is 2.14. The Morgan fingerprint density at radius 3 is 2.73 bits per heavy atom. The van der Waals surface area contributed by atoms with Crippen molar-refractivity contribution in [1.82, 2.24) is 0 Å². The number of carbonyl (C=O) groups excluding carboxylic acids is 1. The number of ether oxygens (including phenoxy) is 1. The van der Waals surface area contributed by atoms with Crippen LogP contribution in [0.2, 0.25) is 0 Å². The molecule has 0 N–H and O–H groups in total. The van der Waals surface area contributed by atoms with Crippen LogP contribution in [0.1, 0.15) is 24.5 Å². The molecule has 1 atom stereocenters. The molecule has 3 heteroatoms. The Kier molecular flexibility index (Phi) is 4.14. The third kappa shape index (κ3) is 2.71. The zero-order valence-electron chi connectivity index (χ0n) is 13.1. The van der Waals surface area contributed by atoms with Crippen LogP contribution in [-0.4, -0.2) is 19.1 Å². The van der Waals surface area contributed by atoms with Crippen molar-refractivity contribution in [3.8, 4) is 5.75 Å². The van der Waals surface area contributed by atoms with Crippen molar-refractivity contribution >= 4 is 11.6 Å². The topological polar surface area (TPSA) is 29.5 Å². The summed E-state index contributed by atoms with van der Waals surface area (Å²) in [6, 6.07) is 16.3. The number of fused-ring (bicyclic) bond motifs is 1. The average molecular weight is 295 g/mol. The van der Waals surface area contributed by atoms with Crippen molar-refractivity contribution in [2.75, 3.05) is 12.0 Å². The molecule has 114 valence electrons. The minimum Gasteiger partial charge on any atom is -0.496 e. The Morgan fingerprint density at radius 1 is 1.18 bits per heavy atom. The number of para-hydroxylation sites is 2. The van der Waals surface area contributed by atoms with Gasteiger partial charge in [-0.1, -0.05) is 36.4 Å². The molecule has 0 spiro atoms. The number of benzene rings is 2. The van der Waals surface area contributed by atoms with Gasteiger partial charge in [-0.2, -0.15) is 0 Å². The summed E-state index contributed by atoms with van der Waals surface area (Å²) < 4.78 is 5.36. The normalized spacial score (nSPS) is 16.5. The number of hydrogen-bond acceptors (Lipinski definition) is 2. The first kappa shape index (κ1) is 14.6.